The van der Waals surface area contributed by atoms with Crippen molar-refractivity contribution in [2.45, 2.75) is 12.3 Å². The smallest absolute Gasteiger partial charge is 0.339 e. The third kappa shape index (κ3) is 4.28. The number of hydrogen-bond acceptors (Lipinski definition) is 4. The largest absolute Gasteiger partial charge is 0.478 e. The fourth-order valence-corrected chi connectivity index (χ4v) is 3.82. The van der Waals surface area contributed by atoms with E-state index in [9.17, 15) is 14.7 Å². The number of nitrogens with zero attached hydrogens (tertiary/aromatic N) is 2. The number of aromatic carboxylic acids is 1. The van der Waals surface area contributed by atoms with Crippen LogP contribution in [0.15, 0.2) is 66.9 Å². The second-order valence-corrected chi connectivity index (χ2v) is 7.64. The summed E-state index contributed by atoms with van der Waals surface area (Å²) in [6, 6.07) is 18.1. The molecule has 0 saturated carbocycles. The van der Waals surface area contributed by atoms with Crippen LogP contribution < -0.4 is 10.2 Å². The Bertz CT molecular complexity index is 1070. The first kappa shape index (κ1) is 19.9. The summed E-state index contributed by atoms with van der Waals surface area (Å²) in [4.78, 5) is 30.7. The third-order valence-electron chi connectivity index (χ3n) is 5.22. The SMILES string of the molecule is O=C(Nc1cnc(N2CC[C@@H](c3ccccc3)C2)c(C(=O)O)c1)c1ccc(Cl)cc1. The first-order valence-electron chi connectivity index (χ1n) is 9.61. The van der Waals surface area contributed by atoms with E-state index in [1.165, 1.54) is 17.8 Å². The van der Waals surface area contributed by atoms with E-state index in [0.29, 0.717) is 34.6 Å². The third-order valence-corrected chi connectivity index (χ3v) is 5.47. The molecule has 0 bridgehead atoms. The van der Waals surface area contributed by atoms with E-state index in [4.69, 9.17) is 11.6 Å². The first-order valence-corrected chi connectivity index (χ1v) is 9.99. The first-order chi connectivity index (χ1) is 14.5. The van der Waals surface area contributed by atoms with Gasteiger partial charge in [-0.2, -0.15) is 0 Å². The molecule has 7 heteroatoms. The fourth-order valence-electron chi connectivity index (χ4n) is 3.69. The Morgan fingerprint density at radius 1 is 1.10 bits per heavy atom. The molecule has 1 atom stereocenters. The Labute approximate surface area is 179 Å². The summed E-state index contributed by atoms with van der Waals surface area (Å²) in [6.07, 6.45) is 2.42. The second-order valence-electron chi connectivity index (χ2n) is 7.20. The molecule has 0 aliphatic carbocycles. The van der Waals surface area contributed by atoms with Gasteiger partial charge in [-0.25, -0.2) is 9.78 Å². The van der Waals surface area contributed by atoms with Gasteiger partial charge in [0.15, 0.2) is 0 Å². The van der Waals surface area contributed by atoms with E-state index in [-0.39, 0.29) is 11.5 Å². The normalized spacial score (nSPS) is 15.8. The fraction of sp³-hybridized carbons (Fsp3) is 0.174. The average Bonchev–Trinajstić information content (AvgIpc) is 3.25. The predicted octanol–water partition coefficient (Wildman–Crippen LogP) is 4.68. The molecular formula is C23H20ClN3O3. The number of anilines is 2. The van der Waals surface area contributed by atoms with Crippen molar-refractivity contribution in [3.63, 3.8) is 0 Å². The average molecular weight is 422 g/mol. The van der Waals surface area contributed by atoms with Crippen molar-refractivity contribution >= 4 is 35.0 Å². The summed E-state index contributed by atoms with van der Waals surface area (Å²) in [5, 5.41) is 13.0. The van der Waals surface area contributed by atoms with E-state index in [1.54, 1.807) is 24.3 Å². The van der Waals surface area contributed by atoms with Crippen molar-refractivity contribution in [1.29, 1.82) is 0 Å². The standard InChI is InChI=1S/C23H20ClN3O3/c24-18-8-6-16(7-9-18)22(28)26-19-12-20(23(29)30)21(25-13-19)27-11-10-17(14-27)15-4-2-1-3-5-15/h1-9,12-13,17H,10-11,14H2,(H,26,28)(H,29,30)/t17-/m1/s1. The van der Waals surface area contributed by atoms with E-state index in [1.807, 2.05) is 23.1 Å². The molecule has 1 aliphatic heterocycles. The minimum absolute atomic E-state index is 0.0672. The summed E-state index contributed by atoms with van der Waals surface area (Å²) in [6.45, 7) is 1.43. The molecule has 3 aromatic rings. The van der Waals surface area contributed by atoms with Crippen LogP contribution in [-0.4, -0.2) is 35.1 Å². The highest BCUT2D eigenvalue weighted by Gasteiger charge is 2.28. The van der Waals surface area contributed by atoms with Crippen molar-refractivity contribution in [2.75, 3.05) is 23.3 Å². The number of nitrogens with one attached hydrogen (secondary N) is 1. The van der Waals surface area contributed by atoms with Crippen LogP contribution in [0.2, 0.25) is 5.02 Å². The number of benzene rings is 2. The number of amides is 1. The van der Waals surface area contributed by atoms with Gasteiger partial charge in [0.2, 0.25) is 0 Å². The van der Waals surface area contributed by atoms with Gasteiger partial charge in [0.05, 0.1) is 11.9 Å². The zero-order valence-electron chi connectivity index (χ0n) is 16.1. The zero-order valence-corrected chi connectivity index (χ0v) is 16.8. The van der Waals surface area contributed by atoms with E-state index < -0.39 is 5.97 Å². The van der Waals surface area contributed by atoms with Crippen molar-refractivity contribution in [2.24, 2.45) is 0 Å². The molecule has 0 unspecified atom stereocenters. The number of halogens is 1. The summed E-state index contributed by atoms with van der Waals surface area (Å²) >= 11 is 5.85. The number of carboxylic acids is 1. The lowest BCUT2D eigenvalue weighted by Crippen LogP contribution is -2.23. The van der Waals surface area contributed by atoms with Crippen LogP contribution in [0.5, 0.6) is 0 Å². The lowest BCUT2D eigenvalue weighted by molar-refractivity contribution is 0.0697. The van der Waals surface area contributed by atoms with Gasteiger partial charge in [-0.15, -0.1) is 0 Å². The van der Waals surface area contributed by atoms with Crippen LogP contribution in [0.25, 0.3) is 0 Å². The highest BCUT2D eigenvalue weighted by atomic mass is 35.5. The number of hydrogen-bond donors (Lipinski definition) is 2. The van der Waals surface area contributed by atoms with Gasteiger partial charge in [-0.05, 0) is 42.3 Å². The molecule has 2 aromatic carbocycles. The predicted molar refractivity (Wildman–Crippen MR) is 117 cm³/mol. The van der Waals surface area contributed by atoms with Gasteiger partial charge in [-0.3, -0.25) is 4.79 Å². The lowest BCUT2D eigenvalue weighted by atomic mass is 9.99. The van der Waals surface area contributed by atoms with Crippen molar-refractivity contribution in [1.82, 2.24) is 4.98 Å². The number of carbonyl (C=O) groups excluding carboxylic acids is 1. The molecule has 30 heavy (non-hydrogen) atoms. The van der Waals surface area contributed by atoms with Gasteiger partial charge in [-0.1, -0.05) is 41.9 Å². The number of pyridine rings is 1. The van der Waals surface area contributed by atoms with Gasteiger partial charge in [0, 0.05) is 29.6 Å². The Hall–Kier alpha value is -3.38. The van der Waals surface area contributed by atoms with Crippen molar-refractivity contribution < 1.29 is 14.7 Å². The second kappa shape index (κ2) is 8.55. The maximum Gasteiger partial charge on any atom is 0.339 e. The number of aromatic nitrogens is 1. The highest BCUT2D eigenvalue weighted by molar-refractivity contribution is 6.30. The van der Waals surface area contributed by atoms with Crippen molar-refractivity contribution in [3.8, 4) is 0 Å². The molecular weight excluding hydrogens is 402 g/mol. The quantitative estimate of drug-likeness (QED) is 0.625. The summed E-state index contributed by atoms with van der Waals surface area (Å²) in [7, 11) is 0. The van der Waals surface area contributed by atoms with E-state index in [0.717, 1.165) is 13.0 Å². The molecule has 0 spiro atoms. The molecule has 1 amide bonds. The maximum atomic E-state index is 12.4. The topological polar surface area (TPSA) is 82.5 Å². The molecule has 0 radical (unpaired) electrons. The number of rotatable bonds is 5. The number of carbonyl (C=O) groups is 2. The number of carboxylic acid groups (broad SMARTS) is 1. The Balaban J connectivity index is 1.53. The lowest BCUT2D eigenvalue weighted by Gasteiger charge is -2.20. The molecule has 2 N–H and O–H groups in total. The highest BCUT2D eigenvalue weighted by Crippen LogP contribution is 2.32. The molecule has 6 nitrogen and oxygen atoms in total. The maximum absolute atomic E-state index is 12.4. The summed E-state index contributed by atoms with van der Waals surface area (Å²) in [5.74, 6) is -0.685. The monoisotopic (exact) mass is 421 g/mol. The Morgan fingerprint density at radius 2 is 1.83 bits per heavy atom. The van der Waals surface area contributed by atoms with Crippen LogP contribution in [-0.2, 0) is 0 Å². The summed E-state index contributed by atoms with van der Waals surface area (Å²) < 4.78 is 0. The Kier molecular flexibility index (Phi) is 5.68. The van der Waals surface area contributed by atoms with Crippen LogP contribution >= 0.6 is 11.6 Å². The van der Waals surface area contributed by atoms with Gasteiger partial charge < -0.3 is 15.3 Å². The molecule has 2 heterocycles. The Morgan fingerprint density at radius 3 is 2.53 bits per heavy atom. The molecule has 1 aliphatic rings. The van der Waals surface area contributed by atoms with Crippen LogP contribution in [0.4, 0.5) is 11.5 Å². The van der Waals surface area contributed by atoms with E-state index >= 15 is 0 Å². The molecule has 1 saturated heterocycles. The van der Waals surface area contributed by atoms with E-state index in [2.05, 4.69) is 22.4 Å². The van der Waals surface area contributed by atoms with Crippen LogP contribution in [0.3, 0.4) is 0 Å². The van der Waals surface area contributed by atoms with Gasteiger partial charge in [0.25, 0.3) is 5.91 Å². The van der Waals surface area contributed by atoms with Gasteiger partial charge >= 0.3 is 5.97 Å². The van der Waals surface area contributed by atoms with Crippen LogP contribution in [0, 0.1) is 0 Å². The van der Waals surface area contributed by atoms with Crippen molar-refractivity contribution in [3.05, 3.63) is 88.6 Å². The molecule has 1 fully saturated rings. The molecule has 4 rings (SSSR count). The molecule has 152 valence electrons. The molecule has 1 aromatic heterocycles. The summed E-state index contributed by atoms with van der Waals surface area (Å²) in [5.41, 5.74) is 2.06. The van der Waals surface area contributed by atoms with Crippen LogP contribution in [0.1, 0.15) is 38.6 Å². The minimum Gasteiger partial charge on any atom is -0.478 e. The van der Waals surface area contributed by atoms with Gasteiger partial charge in [0.1, 0.15) is 11.4 Å². The zero-order chi connectivity index (χ0) is 21.1. The minimum atomic E-state index is -1.08.